The van der Waals surface area contributed by atoms with E-state index in [2.05, 4.69) is 18.7 Å². The highest BCUT2D eigenvalue weighted by atomic mass is 19.1. The van der Waals surface area contributed by atoms with Crippen LogP contribution in [0.2, 0.25) is 0 Å². The molecule has 2 saturated heterocycles. The number of aliphatic hydroxyl groups excluding tert-OH is 1. The Kier molecular flexibility index (Phi) is 8.61. The fraction of sp³-hybridized carbons (Fsp3) is 0.448. The first-order valence-electron chi connectivity index (χ1n) is 12.8. The molecule has 0 saturated carbocycles. The van der Waals surface area contributed by atoms with Crippen molar-refractivity contribution in [2.45, 2.75) is 33.2 Å². The molecule has 1 atom stereocenters. The number of morpholine rings is 1. The average Bonchev–Trinajstić information content (AvgIpc) is 3.13. The lowest BCUT2D eigenvalue weighted by atomic mass is 9.94. The van der Waals surface area contributed by atoms with E-state index >= 15 is 0 Å². The van der Waals surface area contributed by atoms with Crippen LogP contribution < -0.4 is 4.74 Å². The van der Waals surface area contributed by atoms with E-state index in [0.29, 0.717) is 55.6 Å². The standard InChI is InChI=1S/C29H35FN2O5/c1-19(2)18-37-23-9-10-24(20(3)17-23)27(33)25-26(21-5-7-22(30)8-6-21)32(29(35)28(25)34)12-4-11-31-13-15-36-16-14-31/h5-10,17,19,26,33H,4,11-16,18H2,1-3H3/t26-/m1/s1. The quantitative estimate of drug-likeness (QED) is 0.308. The maximum atomic E-state index is 13.7. The van der Waals surface area contributed by atoms with Crippen LogP contribution in [0.25, 0.3) is 5.76 Å². The van der Waals surface area contributed by atoms with Gasteiger partial charge in [0, 0.05) is 31.7 Å². The minimum atomic E-state index is -0.804. The maximum absolute atomic E-state index is 13.7. The van der Waals surface area contributed by atoms with E-state index in [-0.39, 0.29) is 11.3 Å². The molecule has 2 fully saturated rings. The van der Waals surface area contributed by atoms with Gasteiger partial charge in [-0.25, -0.2) is 4.39 Å². The molecule has 0 spiro atoms. The number of carbonyl (C=O) groups is 2. The van der Waals surface area contributed by atoms with Crippen LogP contribution in [0.3, 0.4) is 0 Å². The molecule has 1 N–H and O–H groups in total. The summed E-state index contributed by atoms with van der Waals surface area (Å²) in [4.78, 5) is 30.2. The zero-order valence-corrected chi connectivity index (χ0v) is 21.7. The molecule has 0 unspecified atom stereocenters. The number of likely N-dealkylation sites (tertiary alicyclic amines) is 1. The van der Waals surface area contributed by atoms with Crippen LogP contribution in [0.1, 0.15) is 43.0 Å². The third-order valence-electron chi connectivity index (χ3n) is 6.74. The van der Waals surface area contributed by atoms with Gasteiger partial charge in [0.15, 0.2) is 0 Å². The Bertz CT molecular complexity index is 1160. The van der Waals surface area contributed by atoms with Crippen molar-refractivity contribution in [2.24, 2.45) is 5.92 Å². The van der Waals surface area contributed by atoms with Crippen molar-refractivity contribution >= 4 is 17.4 Å². The number of benzene rings is 2. The van der Waals surface area contributed by atoms with E-state index in [1.165, 1.54) is 17.0 Å². The van der Waals surface area contributed by atoms with Crippen LogP contribution in [0, 0.1) is 18.7 Å². The first-order valence-corrected chi connectivity index (χ1v) is 12.8. The molecular weight excluding hydrogens is 475 g/mol. The Balaban J connectivity index is 1.65. The Morgan fingerprint density at radius 2 is 1.81 bits per heavy atom. The second kappa shape index (κ2) is 11.9. The minimum absolute atomic E-state index is 0.0157. The number of aliphatic hydroxyl groups is 1. The number of ether oxygens (including phenoxy) is 2. The first kappa shape index (κ1) is 26.8. The number of hydrogen-bond donors (Lipinski definition) is 1. The van der Waals surface area contributed by atoms with Gasteiger partial charge >= 0.3 is 0 Å². The van der Waals surface area contributed by atoms with Gasteiger partial charge in [-0.3, -0.25) is 14.5 Å². The first-order chi connectivity index (χ1) is 17.8. The van der Waals surface area contributed by atoms with Crippen LogP contribution in [-0.2, 0) is 14.3 Å². The van der Waals surface area contributed by atoms with E-state index in [1.807, 2.05) is 13.0 Å². The van der Waals surface area contributed by atoms with Crippen molar-refractivity contribution in [3.8, 4) is 5.75 Å². The van der Waals surface area contributed by atoms with Crippen LogP contribution >= 0.6 is 0 Å². The molecule has 37 heavy (non-hydrogen) atoms. The third-order valence-corrected chi connectivity index (χ3v) is 6.74. The van der Waals surface area contributed by atoms with Crippen LogP contribution in [0.5, 0.6) is 5.75 Å². The number of carbonyl (C=O) groups excluding carboxylic acids is 2. The summed E-state index contributed by atoms with van der Waals surface area (Å²) in [6.07, 6.45) is 0.658. The molecule has 0 radical (unpaired) electrons. The molecule has 2 heterocycles. The zero-order valence-electron chi connectivity index (χ0n) is 21.7. The van der Waals surface area contributed by atoms with Gasteiger partial charge in [0.25, 0.3) is 11.7 Å². The van der Waals surface area contributed by atoms with Gasteiger partial charge in [0.2, 0.25) is 0 Å². The third kappa shape index (κ3) is 6.19. The summed E-state index contributed by atoms with van der Waals surface area (Å²) in [7, 11) is 0. The molecule has 198 valence electrons. The van der Waals surface area contributed by atoms with E-state index in [1.54, 1.807) is 24.3 Å². The normalized spacial score (nSPS) is 20.1. The molecule has 2 aliphatic heterocycles. The number of ketones is 1. The van der Waals surface area contributed by atoms with Gasteiger partial charge in [0.05, 0.1) is 31.4 Å². The van der Waals surface area contributed by atoms with Crippen molar-refractivity contribution in [1.82, 2.24) is 9.80 Å². The summed E-state index contributed by atoms with van der Waals surface area (Å²) < 4.78 is 24.9. The molecule has 2 aliphatic rings. The van der Waals surface area contributed by atoms with Crippen molar-refractivity contribution < 1.29 is 28.6 Å². The summed E-state index contributed by atoms with van der Waals surface area (Å²) in [5.74, 6) is -1.02. The van der Waals surface area contributed by atoms with E-state index in [0.717, 1.165) is 25.2 Å². The van der Waals surface area contributed by atoms with Crippen molar-refractivity contribution in [2.75, 3.05) is 46.0 Å². The van der Waals surface area contributed by atoms with Crippen LogP contribution in [0.4, 0.5) is 4.39 Å². The molecule has 7 nitrogen and oxygen atoms in total. The lowest BCUT2D eigenvalue weighted by Crippen LogP contribution is -2.38. The summed E-state index contributed by atoms with van der Waals surface area (Å²) in [5, 5.41) is 11.4. The molecule has 2 aromatic carbocycles. The molecule has 0 aromatic heterocycles. The van der Waals surface area contributed by atoms with Gasteiger partial charge < -0.3 is 19.5 Å². The van der Waals surface area contributed by atoms with Crippen LogP contribution in [-0.4, -0.2) is 72.6 Å². The smallest absolute Gasteiger partial charge is 0.295 e. The topological polar surface area (TPSA) is 79.3 Å². The summed E-state index contributed by atoms with van der Waals surface area (Å²) in [6.45, 7) is 10.6. The average molecular weight is 511 g/mol. The Morgan fingerprint density at radius 3 is 2.46 bits per heavy atom. The van der Waals surface area contributed by atoms with Gasteiger partial charge in [0.1, 0.15) is 17.3 Å². The number of rotatable bonds is 9. The second-order valence-corrected chi connectivity index (χ2v) is 10.0. The Labute approximate surface area is 217 Å². The maximum Gasteiger partial charge on any atom is 0.295 e. The molecule has 2 aromatic rings. The summed E-state index contributed by atoms with van der Waals surface area (Å²) >= 11 is 0. The predicted molar refractivity (Wildman–Crippen MR) is 139 cm³/mol. The molecular formula is C29H35FN2O5. The number of aryl methyl sites for hydroxylation is 1. The molecule has 1 amide bonds. The fourth-order valence-electron chi connectivity index (χ4n) is 4.79. The van der Waals surface area contributed by atoms with Crippen molar-refractivity contribution in [1.29, 1.82) is 0 Å². The number of hydrogen-bond acceptors (Lipinski definition) is 6. The molecule has 0 aliphatic carbocycles. The lowest BCUT2D eigenvalue weighted by molar-refractivity contribution is -0.140. The lowest BCUT2D eigenvalue weighted by Gasteiger charge is -2.29. The van der Waals surface area contributed by atoms with Gasteiger partial charge in [-0.1, -0.05) is 26.0 Å². The van der Waals surface area contributed by atoms with Crippen LogP contribution in [0.15, 0.2) is 48.0 Å². The summed E-state index contributed by atoms with van der Waals surface area (Å²) in [6, 6.07) is 10.2. The van der Waals surface area contributed by atoms with Crippen molar-refractivity contribution in [3.05, 3.63) is 70.5 Å². The second-order valence-electron chi connectivity index (χ2n) is 10.0. The fourth-order valence-corrected chi connectivity index (χ4v) is 4.79. The Morgan fingerprint density at radius 1 is 1.11 bits per heavy atom. The largest absolute Gasteiger partial charge is 0.507 e. The van der Waals surface area contributed by atoms with Gasteiger partial charge in [-0.15, -0.1) is 0 Å². The number of halogens is 1. The van der Waals surface area contributed by atoms with E-state index in [4.69, 9.17) is 9.47 Å². The number of Topliss-reactive ketones (excluding diaryl/α,β-unsaturated/α-hetero) is 1. The zero-order chi connectivity index (χ0) is 26.5. The monoisotopic (exact) mass is 510 g/mol. The highest BCUT2D eigenvalue weighted by Gasteiger charge is 2.46. The minimum Gasteiger partial charge on any atom is -0.507 e. The van der Waals surface area contributed by atoms with Gasteiger partial charge in [-0.05, 0) is 60.7 Å². The van der Waals surface area contributed by atoms with Gasteiger partial charge in [-0.2, -0.15) is 0 Å². The van der Waals surface area contributed by atoms with Crippen molar-refractivity contribution in [3.63, 3.8) is 0 Å². The SMILES string of the molecule is Cc1cc(OCC(C)C)ccc1C(O)=C1C(=O)C(=O)N(CCCN2CCOCC2)[C@@H]1c1ccc(F)cc1. The molecule has 0 bridgehead atoms. The van der Waals surface area contributed by atoms with E-state index in [9.17, 15) is 19.1 Å². The predicted octanol–water partition coefficient (Wildman–Crippen LogP) is 4.31. The highest BCUT2D eigenvalue weighted by molar-refractivity contribution is 6.46. The summed E-state index contributed by atoms with van der Waals surface area (Å²) in [5.41, 5.74) is 1.76. The molecule has 8 heteroatoms. The molecule has 4 rings (SSSR count). The highest BCUT2D eigenvalue weighted by Crippen LogP contribution is 2.40. The van der Waals surface area contributed by atoms with E-state index < -0.39 is 23.5 Å². The number of nitrogens with zero attached hydrogens (tertiary/aromatic N) is 2. The Hall–Kier alpha value is -3.23. The number of amides is 1.